The summed E-state index contributed by atoms with van der Waals surface area (Å²) in [6.07, 6.45) is 1.01. The number of rotatable bonds is 9. The molecule has 1 heterocycles. The monoisotopic (exact) mass is 298 g/mol. The zero-order valence-corrected chi connectivity index (χ0v) is 14.7. The molecule has 0 bridgehead atoms. The highest BCUT2D eigenvalue weighted by molar-refractivity contribution is 7.15. The highest BCUT2D eigenvalue weighted by atomic mass is 32.1. The quantitative estimate of drug-likeness (QED) is 0.759. The SMILES string of the molecule is CCc1nc(N(C)CCN(C)C)sc1CNCC(C)C. The molecular weight excluding hydrogens is 268 g/mol. The predicted molar refractivity (Wildman–Crippen MR) is 89.9 cm³/mol. The lowest BCUT2D eigenvalue weighted by atomic mass is 10.2. The van der Waals surface area contributed by atoms with Gasteiger partial charge in [0.15, 0.2) is 5.13 Å². The molecule has 1 aromatic rings. The Hall–Kier alpha value is -0.650. The normalized spacial score (nSPS) is 11.6. The van der Waals surface area contributed by atoms with Gasteiger partial charge >= 0.3 is 0 Å². The molecule has 0 fully saturated rings. The first kappa shape index (κ1) is 17.4. The van der Waals surface area contributed by atoms with Gasteiger partial charge < -0.3 is 15.1 Å². The molecule has 0 amide bonds. The van der Waals surface area contributed by atoms with Gasteiger partial charge in [0.25, 0.3) is 0 Å². The fourth-order valence-electron chi connectivity index (χ4n) is 1.87. The average molecular weight is 298 g/mol. The van der Waals surface area contributed by atoms with Gasteiger partial charge in [0.05, 0.1) is 5.69 Å². The van der Waals surface area contributed by atoms with Crippen molar-refractivity contribution in [2.75, 3.05) is 45.7 Å². The first-order chi connectivity index (χ1) is 9.43. The maximum absolute atomic E-state index is 4.79. The van der Waals surface area contributed by atoms with Crippen LogP contribution in [0.3, 0.4) is 0 Å². The van der Waals surface area contributed by atoms with Crippen LogP contribution in [0.1, 0.15) is 31.3 Å². The van der Waals surface area contributed by atoms with Crippen molar-refractivity contribution in [2.24, 2.45) is 5.92 Å². The van der Waals surface area contributed by atoms with Crippen LogP contribution in [0.2, 0.25) is 0 Å². The second kappa shape index (κ2) is 8.60. The van der Waals surface area contributed by atoms with Gasteiger partial charge in [-0.3, -0.25) is 0 Å². The van der Waals surface area contributed by atoms with E-state index in [2.05, 4.69) is 57.0 Å². The Morgan fingerprint density at radius 3 is 2.45 bits per heavy atom. The van der Waals surface area contributed by atoms with Crippen LogP contribution in [-0.2, 0) is 13.0 Å². The summed E-state index contributed by atoms with van der Waals surface area (Å²) in [6, 6.07) is 0. The third-order valence-corrected chi connectivity index (χ3v) is 4.36. The lowest BCUT2D eigenvalue weighted by molar-refractivity contribution is 0.416. The number of hydrogen-bond acceptors (Lipinski definition) is 5. The second-order valence-electron chi connectivity index (χ2n) is 5.97. The zero-order chi connectivity index (χ0) is 15.1. The molecule has 116 valence electrons. The van der Waals surface area contributed by atoms with E-state index in [1.54, 1.807) is 0 Å². The Balaban J connectivity index is 2.62. The summed E-state index contributed by atoms with van der Waals surface area (Å²) in [5, 5.41) is 4.67. The largest absolute Gasteiger partial charge is 0.350 e. The van der Waals surface area contributed by atoms with Crippen molar-refractivity contribution in [1.29, 1.82) is 0 Å². The molecule has 0 aliphatic heterocycles. The smallest absolute Gasteiger partial charge is 0.185 e. The van der Waals surface area contributed by atoms with Crippen LogP contribution in [0.25, 0.3) is 0 Å². The molecular formula is C15H30N4S. The molecule has 0 atom stereocenters. The van der Waals surface area contributed by atoms with Crippen molar-refractivity contribution in [3.8, 4) is 0 Å². The van der Waals surface area contributed by atoms with E-state index < -0.39 is 0 Å². The van der Waals surface area contributed by atoms with Crippen molar-refractivity contribution in [2.45, 2.75) is 33.7 Å². The van der Waals surface area contributed by atoms with Crippen molar-refractivity contribution in [1.82, 2.24) is 15.2 Å². The summed E-state index contributed by atoms with van der Waals surface area (Å²) < 4.78 is 0. The summed E-state index contributed by atoms with van der Waals surface area (Å²) in [7, 11) is 6.34. The Labute approximate surface area is 128 Å². The lowest BCUT2D eigenvalue weighted by Crippen LogP contribution is -2.28. The minimum absolute atomic E-state index is 0.690. The van der Waals surface area contributed by atoms with E-state index in [4.69, 9.17) is 4.98 Å². The molecule has 1 aromatic heterocycles. The molecule has 0 unspecified atom stereocenters. The van der Waals surface area contributed by atoms with Gasteiger partial charge in [-0.15, -0.1) is 11.3 Å². The average Bonchev–Trinajstić information content (AvgIpc) is 2.78. The molecule has 0 aliphatic carbocycles. The first-order valence-electron chi connectivity index (χ1n) is 7.49. The van der Waals surface area contributed by atoms with Crippen LogP contribution in [0, 0.1) is 5.92 Å². The van der Waals surface area contributed by atoms with Gasteiger partial charge in [-0.2, -0.15) is 0 Å². The molecule has 1 rings (SSSR count). The summed E-state index contributed by atoms with van der Waals surface area (Å²) in [5.74, 6) is 0.690. The number of hydrogen-bond donors (Lipinski definition) is 1. The first-order valence-corrected chi connectivity index (χ1v) is 8.30. The molecule has 0 saturated carbocycles. The van der Waals surface area contributed by atoms with Crippen LogP contribution in [0.4, 0.5) is 5.13 Å². The highest BCUT2D eigenvalue weighted by Gasteiger charge is 2.12. The molecule has 0 aromatic carbocycles. The fourth-order valence-corrected chi connectivity index (χ4v) is 2.97. The van der Waals surface area contributed by atoms with Crippen LogP contribution in [-0.4, -0.2) is 50.7 Å². The Bertz CT molecular complexity index is 387. The third-order valence-electron chi connectivity index (χ3n) is 3.15. The van der Waals surface area contributed by atoms with Crippen molar-refractivity contribution >= 4 is 16.5 Å². The van der Waals surface area contributed by atoms with Crippen LogP contribution in [0.5, 0.6) is 0 Å². The highest BCUT2D eigenvalue weighted by Crippen LogP contribution is 2.26. The summed E-state index contributed by atoms with van der Waals surface area (Å²) >= 11 is 1.83. The molecule has 0 saturated heterocycles. The number of aryl methyl sites for hydroxylation is 1. The van der Waals surface area contributed by atoms with Gasteiger partial charge in [-0.1, -0.05) is 20.8 Å². The molecule has 20 heavy (non-hydrogen) atoms. The fraction of sp³-hybridized carbons (Fsp3) is 0.800. The van der Waals surface area contributed by atoms with Gasteiger partial charge in [0.2, 0.25) is 0 Å². The van der Waals surface area contributed by atoms with E-state index in [9.17, 15) is 0 Å². The molecule has 0 spiro atoms. The van der Waals surface area contributed by atoms with Crippen LogP contribution in [0.15, 0.2) is 0 Å². The molecule has 0 radical (unpaired) electrons. The number of thiazole rings is 1. The maximum Gasteiger partial charge on any atom is 0.185 e. The zero-order valence-electron chi connectivity index (χ0n) is 13.9. The Morgan fingerprint density at radius 1 is 1.20 bits per heavy atom. The van der Waals surface area contributed by atoms with E-state index in [-0.39, 0.29) is 0 Å². The van der Waals surface area contributed by atoms with Crippen molar-refractivity contribution < 1.29 is 0 Å². The molecule has 4 nitrogen and oxygen atoms in total. The molecule has 5 heteroatoms. The number of nitrogens with zero attached hydrogens (tertiary/aromatic N) is 3. The topological polar surface area (TPSA) is 31.4 Å². The van der Waals surface area contributed by atoms with E-state index in [0.29, 0.717) is 5.92 Å². The summed E-state index contributed by atoms with van der Waals surface area (Å²) in [6.45, 7) is 10.7. The van der Waals surface area contributed by atoms with Crippen LogP contribution >= 0.6 is 11.3 Å². The minimum atomic E-state index is 0.690. The number of anilines is 1. The standard InChI is InChI=1S/C15H30N4S/c1-7-13-14(11-16-10-12(2)3)20-15(17-13)19(6)9-8-18(4)5/h12,16H,7-11H2,1-6H3. The number of aromatic nitrogens is 1. The lowest BCUT2D eigenvalue weighted by Gasteiger charge is -2.18. The predicted octanol–water partition coefficient (Wildman–Crippen LogP) is 2.45. The summed E-state index contributed by atoms with van der Waals surface area (Å²) in [5.41, 5.74) is 1.25. The molecule has 0 aliphatic rings. The third kappa shape index (κ3) is 5.77. The van der Waals surface area contributed by atoms with Crippen molar-refractivity contribution in [3.05, 3.63) is 10.6 Å². The number of nitrogens with one attached hydrogen (secondary N) is 1. The number of likely N-dealkylation sites (N-methyl/N-ethyl adjacent to an activating group) is 2. The van der Waals surface area contributed by atoms with Crippen molar-refractivity contribution in [3.63, 3.8) is 0 Å². The van der Waals surface area contributed by atoms with E-state index >= 15 is 0 Å². The van der Waals surface area contributed by atoms with E-state index in [1.807, 2.05) is 11.3 Å². The van der Waals surface area contributed by atoms with E-state index in [1.165, 1.54) is 10.6 Å². The maximum atomic E-state index is 4.79. The second-order valence-corrected chi connectivity index (χ2v) is 7.03. The van der Waals surface area contributed by atoms with E-state index in [0.717, 1.165) is 37.7 Å². The van der Waals surface area contributed by atoms with Gasteiger partial charge in [0.1, 0.15) is 0 Å². The van der Waals surface area contributed by atoms with Crippen LogP contribution < -0.4 is 10.2 Å². The Morgan fingerprint density at radius 2 is 1.90 bits per heavy atom. The minimum Gasteiger partial charge on any atom is -0.350 e. The summed E-state index contributed by atoms with van der Waals surface area (Å²) in [4.78, 5) is 10.6. The van der Waals surface area contributed by atoms with Gasteiger partial charge in [0, 0.05) is 31.6 Å². The Kier molecular flexibility index (Phi) is 7.48. The van der Waals surface area contributed by atoms with Gasteiger partial charge in [-0.25, -0.2) is 4.98 Å². The van der Waals surface area contributed by atoms with Gasteiger partial charge in [-0.05, 0) is 33.0 Å². The molecule has 1 N–H and O–H groups in total.